The molecule has 1 aliphatic carbocycles. The van der Waals surface area contributed by atoms with Crippen LogP contribution >= 0.6 is 23.2 Å². The van der Waals surface area contributed by atoms with E-state index in [1.165, 1.54) is 19.3 Å². The summed E-state index contributed by atoms with van der Waals surface area (Å²) < 4.78 is -0.151. The first-order chi connectivity index (χ1) is 14.0. The molecule has 0 radical (unpaired) electrons. The summed E-state index contributed by atoms with van der Waals surface area (Å²) in [5.74, 6) is 1.02. The maximum atomic E-state index is 14.5. The molecule has 2 unspecified atom stereocenters. The van der Waals surface area contributed by atoms with E-state index < -0.39 is 0 Å². The van der Waals surface area contributed by atoms with Gasteiger partial charge in [-0.15, -0.1) is 6.58 Å². The van der Waals surface area contributed by atoms with Crippen molar-refractivity contribution in [2.75, 3.05) is 13.1 Å². The fraction of sp³-hybridized carbons (Fsp3) is 0.440. The van der Waals surface area contributed by atoms with Gasteiger partial charge in [0.2, 0.25) is 0 Å². The highest BCUT2D eigenvalue weighted by molar-refractivity contribution is 6.30. The number of halogens is 2. The van der Waals surface area contributed by atoms with Gasteiger partial charge in [0.05, 0.1) is 13.1 Å². The molecule has 154 valence electrons. The molecule has 1 heterocycles. The summed E-state index contributed by atoms with van der Waals surface area (Å²) in [7, 11) is 0. The number of likely N-dealkylation sites (tertiary alicyclic amines) is 1. The average Bonchev–Trinajstić information content (AvgIpc) is 2.66. The molecule has 2 aromatic carbocycles. The Balaban J connectivity index is 1.79. The number of benzene rings is 2. The van der Waals surface area contributed by atoms with E-state index in [9.17, 15) is 5.21 Å². The van der Waals surface area contributed by atoms with E-state index in [-0.39, 0.29) is 16.6 Å². The van der Waals surface area contributed by atoms with E-state index in [0.29, 0.717) is 29.9 Å². The Bertz CT molecular complexity index is 848. The molecule has 0 aromatic heterocycles. The fourth-order valence-corrected chi connectivity index (χ4v) is 5.69. The minimum absolute atomic E-state index is 0.131. The highest BCUT2D eigenvalue weighted by Crippen LogP contribution is 2.50. The lowest BCUT2D eigenvalue weighted by molar-refractivity contribution is -0.926. The van der Waals surface area contributed by atoms with E-state index in [1.54, 1.807) is 0 Å². The highest BCUT2D eigenvalue weighted by Gasteiger charge is 2.46. The second kappa shape index (κ2) is 8.81. The molecule has 4 heteroatoms. The third-order valence-electron chi connectivity index (χ3n) is 6.82. The number of rotatable bonds is 6. The molecule has 0 spiro atoms. The molecule has 0 N–H and O–H groups in total. The number of hydrogen-bond acceptors (Lipinski definition) is 1. The van der Waals surface area contributed by atoms with Crippen molar-refractivity contribution >= 4 is 23.2 Å². The Morgan fingerprint density at radius 2 is 1.76 bits per heavy atom. The number of hydrogen-bond donors (Lipinski definition) is 0. The lowest BCUT2D eigenvalue weighted by Gasteiger charge is -2.58. The van der Waals surface area contributed by atoms with Crippen LogP contribution in [0.3, 0.4) is 0 Å². The van der Waals surface area contributed by atoms with Crippen LogP contribution in [-0.4, -0.2) is 17.7 Å². The largest absolute Gasteiger partial charge is 0.632 e. The number of hydroxylamine groups is 3. The molecule has 1 saturated heterocycles. The second-order valence-corrected chi connectivity index (χ2v) is 9.77. The topological polar surface area (TPSA) is 23.1 Å². The predicted octanol–water partition coefficient (Wildman–Crippen LogP) is 7.53. The second-order valence-electron chi connectivity index (χ2n) is 8.90. The smallest absolute Gasteiger partial charge is 0.121 e. The summed E-state index contributed by atoms with van der Waals surface area (Å²) in [5.41, 5.74) is 2.25. The summed E-state index contributed by atoms with van der Waals surface area (Å²) >= 11 is 12.5. The lowest BCUT2D eigenvalue weighted by atomic mass is 9.73. The molecule has 2 aromatic rings. The molecule has 29 heavy (non-hydrogen) atoms. The van der Waals surface area contributed by atoms with Crippen LogP contribution in [0.4, 0.5) is 0 Å². The molecule has 0 amide bonds. The van der Waals surface area contributed by atoms with Crippen molar-refractivity contribution in [1.29, 1.82) is 0 Å². The van der Waals surface area contributed by atoms with Gasteiger partial charge in [-0.1, -0.05) is 60.0 Å². The number of piperidine rings is 1. The van der Waals surface area contributed by atoms with E-state index in [2.05, 4.69) is 12.6 Å². The molecule has 2 fully saturated rings. The van der Waals surface area contributed by atoms with E-state index in [1.807, 2.05) is 48.5 Å². The van der Waals surface area contributed by atoms with Gasteiger partial charge in [0.15, 0.2) is 0 Å². The van der Waals surface area contributed by atoms with Crippen molar-refractivity contribution in [3.05, 3.63) is 87.6 Å². The van der Waals surface area contributed by atoms with Crippen LogP contribution in [0.15, 0.2) is 61.2 Å². The van der Waals surface area contributed by atoms with Crippen molar-refractivity contribution in [1.82, 2.24) is 0 Å². The van der Waals surface area contributed by atoms with Gasteiger partial charge in [-0.3, -0.25) is 0 Å². The van der Waals surface area contributed by atoms with Crippen LogP contribution in [0, 0.1) is 17.0 Å². The molecule has 4 atom stereocenters. The van der Waals surface area contributed by atoms with Gasteiger partial charge >= 0.3 is 0 Å². The van der Waals surface area contributed by atoms with E-state index >= 15 is 0 Å². The molecule has 4 rings (SSSR count). The minimum Gasteiger partial charge on any atom is -0.632 e. The van der Waals surface area contributed by atoms with Crippen LogP contribution < -0.4 is 0 Å². The first-order valence-electron chi connectivity index (χ1n) is 10.7. The molecule has 2 aliphatic rings. The summed E-state index contributed by atoms with van der Waals surface area (Å²) in [4.78, 5) is 0. The monoisotopic (exact) mass is 429 g/mol. The van der Waals surface area contributed by atoms with Gasteiger partial charge in [0, 0.05) is 33.4 Å². The van der Waals surface area contributed by atoms with Gasteiger partial charge in [-0.05, 0) is 55.5 Å². The predicted molar refractivity (Wildman–Crippen MR) is 122 cm³/mol. The Labute approximate surface area is 184 Å². The maximum Gasteiger partial charge on any atom is 0.121 e. The van der Waals surface area contributed by atoms with Crippen molar-refractivity contribution in [3.63, 3.8) is 0 Å². The molecule has 1 saturated carbocycles. The Kier molecular flexibility index (Phi) is 6.36. The molecule has 2 nitrogen and oxygen atoms in total. The van der Waals surface area contributed by atoms with Crippen LogP contribution in [0.5, 0.6) is 0 Å². The molecular formula is C25H29Cl2NO. The van der Waals surface area contributed by atoms with Gasteiger partial charge in [-0.2, -0.15) is 0 Å². The number of nitrogens with zero attached hydrogens (tertiary/aromatic N) is 1. The Morgan fingerprint density at radius 3 is 2.38 bits per heavy atom. The van der Waals surface area contributed by atoms with Gasteiger partial charge in [0.25, 0.3) is 0 Å². The van der Waals surface area contributed by atoms with Crippen molar-refractivity contribution in [2.45, 2.75) is 44.1 Å². The standard InChI is InChI=1S/C25H29Cl2NO/c1-2-5-19-14-24(21-8-4-9-23(27)15-21)25(20-10-12-22(26)13-11-20)28(29,17-19)16-18-6-3-7-18/h2,4,8-13,15,18-19,24-25H,1,3,5-7,14,16-17H2/t19?,24-,25-,28?/m1/s1. The van der Waals surface area contributed by atoms with Crippen LogP contribution in [0.2, 0.25) is 10.0 Å². The fourth-order valence-electron chi connectivity index (χ4n) is 5.37. The van der Waals surface area contributed by atoms with Gasteiger partial charge in [0.1, 0.15) is 6.04 Å². The number of quaternary nitrogens is 1. The Hall–Kier alpha value is -1.32. The van der Waals surface area contributed by atoms with Crippen molar-refractivity contribution < 1.29 is 4.65 Å². The van der Waals surface area contributed by atoms with E-state index in [0.717, 1.165) is 29.0 Å². The zero-order chi connectivity index (χ0) is 20.4. The zero-order valence-corrected chi connectivity index (χ0v) is 18.3. The first-order valence-corrected chi connectivity index (χ1v) is 11.4. The van der Waals surface area contributed by atoms with E-state index in [4.69, 9.17) is 23.2 Å². The number of allylic oxidation sites excluding steroid dienone is 1. The lowest BCUT2D eigenvalue weighted by Crippen LogP contribution is -2.56. The SMILES string of the molecule is C=CCC1C[C@H](c2cccc(Cl)c2)[C@@H](c2ccc(Cl)cc2)[N+]([O-])(CC2CCC2)C1. The van der Waals surface area contributed by atoms with Crippen molar-refractivity contribution in [3.8, 4) is 0 Å². The van der Waals surface area contributed by atoms with Crippen LogP contribution in [-0.2, 0) is 0 Å². The quantitative estimate of drug-likeness (QED) is 0.264. The third kappa shape index (κ3) is 4.56. The minimum atomic E-state index is -0.151. The Morgan fingerprint density at radius 1 is 1.00 bits per heavy atom. The summed E-state index contributed by atoms with van der Waals surface area (Å²) in [5, 5.41) is 16.0. The van der Waals surface area contributed by atoms with Gasteiger partial charge < -0.3 is 9.85 Å². The molecule has 1 aliphatic heterocycles. The normalized spacial score (nSPS) is 30.0. The summed E-state index contributed by atoms with van der Waals surface area (Å²) in [6.45, 7) is 5.31. The van der Waals surface area contributed by atoms with Gasteiger partial charge in [-0.25, -0.2) is 0 Å². The molecule has 0 bridgehead atoms. The summed E-state index contributed by atoms with van der Waals surface area (Å²) in [6, 6.07) is 15.9. The molecular weight excluding hydrogens is 401 g/mol. The van der Waals surface area contributed by atoms with Crippen LogP contribution in [0.1, 0.15) is 55.2 Å². The maximum absolute atomic E-state index is 14.5. The average molecular weight is 430 g/mol. The first kappa shape index (κ1) is 20.9. The van der Waals surface area contributed by atoms with Crippen LogP contribution in [0.25, 0.3) is 0 Å². The third-order valence-corrected chi connectivity index (χ3v) is 7.31. The highest BCUT2D eigenvalue weighted by atomic mass is 35.5. The summed E-state index contributed by atoms with van der Waals surface area (Å²) in [6.07, 6.45) is 7.46. The zero-order valence-electron chi connectivity index (χ0n) is 16.8. The van der Waals surface area contributed by atoms with Crippen molar-refractivity contribution in [2.24, 2.45) is 11.8 Å².